The standard InChI is InChI=1S/3C6H6O.O.V/c3*7-6-4-2-1-3-5-6;;/h3*1-5,7H;;. The molecule has 3 aromatic rings. The Morgan fingerprint density at radius 3 is 0.696 bits per heavy atom. The van der Waals surface area contributed by atoms with E-state index in [0.29, 0.717) is 17.2 Å². The van der Waals surface area contributed by atoms with Gasteiger partial charge in [0.1, 0.15) is 17.2 Å². The molecule has 0 spiro atoms. The van der Waals surface area contributed by atoms with E-state index in [-0.39, 0.29) is 0 Å². The predicted molar refractivity (Wildman–Crippen MR) is 85.0 cm³/mol. The monoisotopic (exact) mass is 349 g/mol. The van der Waals surface area contributed by atoms with Crippen LogP contribution in [-0.4, -0.2) is 15.3 Å². The molecule has 0 fully saturated rings. The number of benzene rings is 3. The fraction of sp³-hybridized carbons (Fsp3) is 0. The Hall–Kier alpha value is -2.56. The van der Waals surface area contributed by atoms with Crippen LogP contribution < -0.4 is 0 Å². The van der Waals surface area contributed by atoms with Crippen LogP contribution in [0.4, 0.5) is 0 Å². The van der Waals surface area contributed by atoms with Crippen LogP contribution in [0.15, 0.2) is 91.0 Å². The molecule has 0 unspecified atom stereocenters. The van der Waals surface area contributed by atoms with Crippen molar-refractivity contribution in [1.82, 2.24) is 0 Å². The van der Waals surface area contributed by atoms with E-state index in [1.807, 2.05) is 18.2 Å². The first-order chi connectivity index (χ1) is 11.2. The summed E-state index contributed by atoms with van der Waals surface area (Å²) in [7, 11) is 0. The number of aromatic hydroxyl groups is 3. The molecular formula is C18H18O4V. The Balaban J connectivity index is 0.000000299. The summed E-state index contributed by atoms with van der Waals surface area (Å²) < 4.78 is 8.19. The Kier molecular flexibility index (Phi) is 12.8. The minimum absolute atomic E-state index is 0.322. The molecule has 0 bridgehead atoms. The van der Waals surface area contributed by atoms with Crippen molar-refractivity contribution in [1.29, 1.82) is 0 Å². The summed E-state index contributed by atoms with van der Waals surface area (Å²) in [5, 5.41) is 25.9. The topological polar surface area (TPSA) is 77.8 Å². The molecule has 3 N–H and O–H groups in total. The molecule has 0 aromatic heterocycles. The van der Waals surface area contributed by atoms with Gasteiger partial charge in [-0.15, -0.1) is 0 Å². The molecule has 3 rings (SSSR count). The number of rotatable bonds is 0. The van der Waals surface area contributed by atoms with Gasteiger partial charge in [-0.3, -0.25) is 0 Å². The molecule has 0 heterocycles. The van der Waals surface area contributed by atoms with Crippen molar-refractivity contribution in [2.75, 3.05) is 0 Å². The van der Waals surface area contributed by atoms with Crippen LogP contribution in [0.25, 0.3) is 0 Å². The van der Waals surface area contributed by atoms with Crippen molar-refractivity contribution in [3.63, 3.8) is 0 Å². The van der Waals surface area contributed by atoms with Gasteiger partial charge in [-0.2, -0.15) is 0 Å². The van der Waals surface area contributed by atoms with E-state index in [1.54, 1.807) is 72.8 Å². The van der Waals surface area contributed by atoms with Gasteiger partial charge in [0, 0.05) is 0 Å². The quantitative estimate of drug-likeness (QED) is 0.572. The molecule has 0 aliphatic rings. The van der Waals surface area contributed by atoms with Gasteiger partial charge >= 0.3 is 21.0 Å². The molecule has 4 nitrogen and oxygen atoms in total. The third-order valence-electron chi connectivity index (χ3n) is 2.27. The third-order valence-corrected chi connectivity index (χ3v) is 2.27. The van der Waals surface area contributed by atoms with Crippen molar-refractivity contribution in [3.8, 4) is 17.2 Å². The fourth-order valence-corrected chi connectivity index (χ4v) is 1.28. The summed E-state index contributed by atoms with van der Waals surface area (Å²) in [6.45, 7) is 0. The van der Waals surface area contributed by atoms with Gasteiger partial charge in [0.15, 0.2) is 0 Å². The third kappa shape index (κ3) is 12.9. The summed E-state index contributed by atoms with van der Waals surface area (Å²) in [6.07, 6.45) is 0. The SMILES string of the molecule is Oc1ccccc1.Oc1ccccc1.Oc1ccccc1.[O]=[V]. The van der Waals surface area contributed by atoms with Crippen LogP contribution in [0, 0.1) is 0 Å². The zero-order chi connectivity index (χ0) is 17.3. The van der Waals surface area contributed by atoms with Gasteiger partial charge in [-0.05, 0) is 36.4 Å². The molecule has 0 aliphatic carbocycles. The molecule has 0 saturated heterocycles. The predicted octanol–water partition coefficient (Wildman–Crippen LogP) is 4.06. The molecule has 5 heteroatoms. The number of para-hydroxylation sites is 3. The number of hydrogen-bond donors (Lipinski definition) is 3. The first-order valence-corrected chi connectivity index (χ1v) is 7.16. The molecule has 3 aromatic carbocycles. The van der Waals surface area contributed by atoms with Crippen LogP contribution in [0.1, 0.15) is 0 Å². The van der Waals surface area contributed by atoms with Crippen LogP contribution in [-0.2, 0) is 21.0 Å². The van der Waals surface area contributed by atoms with Crippen LogP contribution in [0.5, 0.6) is 17.2 Å². The van der Waals surface area contributed by atoms with E-state index in [0.717, 1.165) is 17.4 Å². The summed E-state index contributed by atoms with van der Waals surface area (Å²) >= 11 is 1.06. The Labute approximate surface area is 144 Å². The van der Waals surface area contributed by atoms with Gasteiger partial charge in [-0.25, -0.2) is 0 Å². The van der Waals surface area contributed by atoms with E-state index >= 15 is 0 Å². The number of phenols is 3. The molecule has 0 aliphatic heterocycles. The van der Waals surface area contributed by atoms with Gasteiger partial charge in [0.25, 0.3) is 0 Å². The van der Waals surface area contributed by atoms with Crippen molar-refractivity contribution >= 4 is 0 Å². The van der Waals surface area contributed by atoms with E-state index in [2.05, 4.69) is 0 Å². The summed E-state index contributed by atoms with van der Waals surface area (Å²) in [6, 6.07) is 26.1. The van der Waals surface area contributed by atoms with E-state index in [1.165, 1.54) is 0 Å². The van der Waals surface area contributed by atoms with Crippen molar-refractivity contribution < 1.29 is 36.4 Å². The first-order valence-electron chi connectivity index (χ1n) is 6.59. The molecular weight excluding hydrogens is 331 g/mol. The normalized spacial score (nSPS) is 7.96. The van der Waals surface area contributed by atoms with Gasteiger partial charge in [0.05, 0.1) is 0 Å². The molecule has 0 atom stereocenters. The van der Waals surface area contributed by atoms with E-state index in [4.69, 9.17) is 19.0 Å². The maximum atomic E-state index is 8.63. The number of hydrogen-bond acceptors (Lipinski definition) is 4. The van der Waals surface area contributed by atoms with Crippen molar-refractivity contribution in [2.24, 2.45) is 0 Å². The van der Waals surface area contributed by atoms with Gasteiger partial charge in [0.2, 0.25) is 0 Å². The Bertz CT molecular complexity index is 515. The molecule has 119 valence electrons. The minimum atomic E-state index is 0.322. The molecule has 0 amide bonds. The van der Waals surface area contributed by atoms with E-state index in [9.17, 15) is 0 Å². The summed E-state index contributed by atoms with van der Waals surface area (Å²) in [4.78, 5) is 0. The fourth-order valence-electron chi connectivity index (χ4n) is 1.28. The van der Waals surface area contributed by atoms with Gasteiger partial charge < -0.3 is 15.3 Å². The Morgan fingerprint density at radius 1 is 0.435 bits per heavy atom. The molecule has 0 radical (unpaired) electrons. The first kappa shape index (κ1) is 20.4. The summed E-state index contributed by atoms with van der Waals surface area (Å²) in [5.74, 6) is 0.965. The molecule has 0 saturated carbocycles. The second kappa shape index (κ2) is 14.4. The van der Waals surface area contributed by atoms with Crippen LogP contribution in [0.2, 0.25) is 0 Å². The molecule has 23 heavy (non-hydrogen) atoms. The average molecular weight is 349 g/mol. The number of phenolic OH excluding ortho intramolecular Hbond substituents is 3. The van der Waals surface area contributed by atoms with Crippen molar-refractivity contribution in [2.45, 2.75) is 0 Å². The zero-order valence-corrected chi connectivity index (χ0v) is 13.8. The maximum absolute atomic E-state index is 8.63. The second-order valence-corrected chi connectivity index (χ2v) is 4.01. The van der Waals surface area contributed by atoms with Crippen molar-refractivity contribution in [3.05, 3.63) is 91.0 Å². The Morgan fingerprint density at radius 2 is 0.609 bits per heavy atom. The summed E-state index contributed by atoms with van der Waals surface area (Å²) in [5.41, 5.74) is 0. The van der Waals surface area contributed by atoms with Crippen LogP contribution >= 0.6 is 0 Å². The second-order valence-electron chi connectivity index (χ2n) is 4.01. The van der Waals surface area contributed by atoms with Gasteiger partial charge in [-0.1, -0.05) is 54.6 Å². The van der Waals surface area contributed by atoms with E-state index < -0.39 is 0 Å². The zero-order valence-electron chi connectivity index (χ0n) is 12.4. The van der Waals surface area contributed by atoms with Crippen LogP contribution in [0.3, 0.4) is 0 Å². The average Bonchev–Trinajstić information content (AvgIpc) is 2.60.